The van der Waals surface area contributed by atoms with Crippen LogP contribution in [0.25, 0.3) is 0 Å². The molecule has 0 aromatic carbocycles. The molecule has 0 bridgehead atoms. The predicted molar refractivity (Wildman–Crippen MR) is 38.9 cm³/mol. The van der Waals surface area contributed by atoms with Crippen molar-refractivity contribution in [3.8, 4) is 0 Å². The van der Waals surface area contributed by atoms with Gasteiger partial charge in [0.05, 0.1) is 0 Å². The molecule has 1 unspecified atom stereocenters. The lowest BCUT2D eigenvalue weighted by atomic mass is 10.1. The lowest BCUT2D eigenvalue weighted by molar-refractivity contribution is -0.182. The predicted octanol–water partition coefficient (Wildman–Crippen LogP) is 2.96. The van der Waals surface area contributed by atoms with Crippen LogP contribution in [-0.2, 0) is 0 Å². The number of halogens is 4. The molecule has 1 atom stereocenters. The average molecular weight is 193 g/mol. The summed E-state index contributed by atoms with van der Waals surface area (Å²) in [6.45, 7) is 1.62. The largest absolute Gasteiger partial charge is 0.423 e. The summed E-state index contributed by atoms with van der Waals surface area (Å²) >= 11 is 0. The maximum absolute atomic E-state index is 12.6. The van der Waals surface area contributed by atoms with Crippen LogP contribution in [-0.4, -0.2) is 11.2 Å². The van der Waals surface area contributed by atoms with Crippen LogP contribution in [0.3, 0.4) is 0 Å². The standard InChI is InChI=1S/C8H7F4N/c1-5-2-3-6(4-13-5)7(9)8(10,11)12/h2-4,7H,1H3. The molecule has 0 aliphatic carbocycles. The normalized spacial score (nSPS) is 14.2. The molecule has 0 aliphatic rings. The Labute approximate surface area is 72.4 Å². The Balaban J connectivity index is 2.90. The van der Waals surface area contributed by atoms with Crippen molar-refractivity contribution in [1.82, 2.24) is 4.98 Å². The highest BCUT2D eigenvalue weighted by Crippen LogP contribution is 2.35. The molecule has 0 amide bonds. The lowest BCUT2D eigenvalue weighted by Crippen LogP contribution is -2.16. The Bertz CT molecular complexity index is 277. The van der Waals surface area contributed by atoms with Gasteiger partial charge in [0, 0.05) is 17.5 Å². The second-order valence-electron chi connectivity index (χ2n) is 2.64. The summed E-state index contributed by atoms with van der Waals surface area (Å²) in [6.07, 6.45) is -6.90. The Morgan fingerprint density at radius 1 is 1.31 bits per heavy atom. The molecule has 1 rings (SSSR count). The first-order valence-electron chi connectivity index (χ1n) is 3.54. The summed E-state index contributed by atoms with van der Waals surface area (Å²) in [6, 6.07) is 2.42. The van der Waals surface area contributed by atoms with E-state index >= 15 is 0 Å². The molecule has 1 aromatic heterocycles. The number of rotatable bonds is 1. The molecule has 72 valence electrons. The van der Waals surface area contributed by atoms with Gasteiger partial charge in [-0.3, -0.25) is 4.98 Å². The monoisotopic (exact) mass is 193 g/mol. The van der Waals surface area contributed by atoms with Gasteiger partial charge in [0.25, 0.3) is 0 Å². The summed E-state index contributed by atoms with van der Waals surface area (Å²) in [5.74, 6) is 0. The van der Waals surface area contributed by atoms with E-state index in [1.165, 1.54) is 6.07 Å². The first-order valence-corrected chi connectivity index (χ1v) is 3.54. The molecular weight excluding hydrogens is 186 g/mol. The van der Waals surface area contributed by atoms with Crippen molar-refractivity contribution in [3.05, 3.63) is 29.6 Å². The lowest BCUT2D eigenvalue weighted by Gasteiger charge is -2.11. The number of alkyl halides is 4. The van der Waals surface area contributed by atoms with Crippen LogP contribution < -0.4 is 0 Å². The molecule has 1 heterocycles. The van der Waals surface area contributed by atoms with E-state index in [1.54, 1.807) is 6.92 Å². The third kappa shape index (κ3) is 2.40. The van der Waals surface area contributed by atoms with Gasteiger partial charge in [-0.15, -0.1) is 0 Å². The summed E-state index contributed by atoms with van der Waals surface area (Å²) in [4.78, 5) is 3.57. The van der Waals surface area contributed by atoms with Gasteiger partial charge in [-0.1, -0.05) is 6.07 Å². The van der Waals surface area contributed by atoms with Gasteiger partial charge in [-0.25, -0.2) is 4.39 Å². The van der Waals surface area contributed by atoms with E-state index in [0.717, 1.165) is 12.3 Å². The van der Waals surface area contributed by atoms with Crippen molar-refractivity contribution < 1.29 is 17.6 Å². The molecular formula is C8H7F4N. The zero-order valence-corrected chi connectivity index (χ0v) is 6.77. The fraction of sp³-hybridized carbons (Fsp3) is 0.375. The van der Waals surface area contributed by atoms with Crippen molar-refractivity contribution in [2.24, 2.45) is 0 Å². The second-order valence-corrected chi connectivity index (χ2v) is 2.64. The highest BCUT2D eigenvalue weighted by molar-refractivity contribution is 5.16. The van der Waals surface area contributed by atoms with Crippen molar-refractivity contribution in [2.75, 3.05) is 0 Å². The smallest absolute Gasteiger partial charge is 0.261 e. The molecule has 0 N–H and O–H groups in total. The molecule has 0 saturated carbocycles. The zero-order chi connectivity index (χ0) is 10.1. The molecule has 0 saturated heterocycles. The minimum Gasteiger partial charge on any atom is -0.261 e. The van der Waals surface area contributed by atoms with Crippen molar-refractivity contribution >= 4 is 0 Å². The SMILES string of the molecule is Cc1ccc(C(F)C(F)(F)F)cn1. The number of hydrogen-bond acceptors (Lipinski definition) is 1. The first kappa shape index (κ1) is 9.95. The van der Waals surface area contributed by atoms with Gasteiger partial charge >= 0.3 is 6.18 Å². The van der Waals surface area contributed by atoms with Gasteiger partial charge in [-0.05, 0) is 13.0 Å². The summed E-state index contributed by atoms with van der Waals surface area (Å²) in [7, 11) is 0. The van der Waals surface area contributed by atoms with Crippen molar-refractivity contribution in [2.45, 2.75) is 19.3 Å². The van der Waals surface area contributed by atoms with E-state index < -0.39 is 17.9 Å². The third-order valence-electron chi connectivity index (χ3n) is 1.51. The average Bonchev–Trinajstić information content (AvgIpc) is 2.03. The minimum absolute atomic E-state index is 0.460. The topological polar surface area (TPSA) is 12.9 Å². The van der Waals surface area contributed by atoms with Crippen LogP contribution in [0.5, 0.6) is 0 Å². The molecule has 1 nitrogen and oxygen atoms in total. The summed E-state index contributed by atoms with van der Waals surface area (Å²) < 4.78 is 48.1. The fourth-order valence-corrected chi connectivity index (χ4v) is 0.818. The van der Waals surface area contributed by atoms with Gasteiger partial charge < -0.3 is 0 Å². The van der Waals surface area contributed by atoms with Gasteiger partial charge in [0.1, 0.15) is 0 Å². The Kier molecular flexibility index (Phi) is 2.54. The number of pyridine rings is 1. The molecule has 0 fully saturated rings. The highest BCUT2D eigenvalue weighted by atomic mass is 19.4. The zero-order valence-electron chi connectivity index (χ0n) is 6.77. The van der Waals surface area contributed by atoms with E-state index in [9.17, 15) is 17.6 Å². The quantitative estimate of drug-likeness (QED) is 0.625. The second kappa shape index (κ2) is 3.32. The van der Waals surface area contributed by atoms with Crippen LogP contribution in [0.1, 0.15) is 17.4 Å². The summed E-state index contributed by atoms with van der Waals surface area (Å²) in [5, 5.41) is 0. The van der Waals surface area contributed by atoms with E-state index in [0.29, 0.717) is 5.69 Å². The van der Waals surface area contributed by atoms with Crippen LogP contribution in [0.2, 0.25) is 0 Å². The van der Waals surface area contributed by atoms with Crippen LogP contribution in [0, 0.1) is 6.92 Å². The maximum Gasteiger partial charge on any atom is 0.423 e. The fourth-order valence-electron chi connectivity index (χ4n) is 0.818. The summed E-state index contributed by atoms with van der Waals surface area (Å²) in [5.41, 5.74) is 0.0937. The van der Waals surface area contributed by atoms with Gasteiger partial charge in [-0.2, -0.15) is 13.2 Å². The first-order chi connectivity index (χ1) is 5.91. The van der Waals surface area contributed by atoms with E-state index in [2.05, 4.69) is 4.98 Å². The third-order valence-corrected chi connectivity index (χ3v) is 1.51. The van der Waals surface area contributed by atoms with E-state index in [1.807, 2.05) is 0 Å². The van der Waals surface area contributed by atoms with E-state index in [4.69, 9.17) is 0 Å². The number of nitrogens with zero attached hydrogens (tertiary/aromatic N) is 1. The van der Waals surface area contributed by atoms with Crippen LogP contribution in [0.15, 0.2) is 18.3 Å². The Morgan fingerprint density at radius 2 is 1.92 bits per heavy atom. The molecule has 1 aromatic rings. The number of aryl methyl sites for hydroxylation is 1. The van der Waals surface area contributed by atoms with Crippen molar-refractivity contribution in [3.63, 3.8) is 0 Å². The molecule has 0 aliphatic heterocycles. The Hall–Kier alpha value is -1.13. The van der Waals surface area contributed by atoms with Gasteiger partial charge in [0.2, 0.25) is 6.17 Å². The maximum atomic E-state index is 12.6. The molecule has 0 spiro atoms. The number of aromatic nitrogens is 1. The van der Waals surface area contributed by atoms with E-state index in [-0.39, 0.29) is 0 Å². The number of hydrogen-bond donors (Lipinski definition) is 0. The van der Waals surface area contributed by atoms with Gasteiger partial charge in [0.15, 0.2) is 0 Å². The molecule has 13 heavy (non-hydrogen) atoms. The molecule has 5 heteroatoms. The van der Waals surface area contributed by atoms with Crippen molar-refractivity contribution in [1.29, 1.82) is 0 Å². The minimum atomic E-state index is -4.85. The molecule has 0 radical (unpaired) electrons. The van der Waals surface area contributed by atoms with Crippen LogP contribution >= 0.6 is 0 Å². The van der Waals surface area contributed by atoms with Crippen LogP contribution in [0.4, 0.5) is 17.6 Å². The Morgan fingerprint density at radius 3 is 2.31 bits per heavy atom. The highest BCUT2D eigenvalue weighted by Gasteiger charge is 2.41.